The molecule has 1 heterocycles. The Labute approximate surface area is 96.2 Å². The maximum Gasteiger partial charge on any atom is 0.0999 e. The Morgan fingerprint density at radius 3 is 2.94 bits per heavy atom. The second-order valence-corrected chi connectivity index (χ2v) is 4.15. The summed E-state index contributed by atoms with van der Waals surface area (Å²) in [7, 11) is 1.94. The van der Waals surface area contributed by atoms with Crippen LogP contribution in [0.4, 0.5) is 0 Å². The molecule has 0 spiro atoms. The zero-order chi connectivity index (χ0) is 11.4. The Morgan fingerprint density at radius 2 is 2.31 bits per heavy atom. The van der Waals surface area contributed by atoms with Gasteiger partial charge in [0.15, 0.2) is 0 Å². The van der Waals surface area contributed by atoms with Gasteiger partial charge in [-0.25, -0.2) is 4.68 Å². The van der Waals surface area contributed by atoms with E-state index in [-0.39, 0.29) is 0 Å². The molecule has 0 aliphatic heterocycles. The van der Waals surface area contributed by atoms with Crippen molar-refractivity contribution in [2.45, 2.75) is 38.8 Å². The molecule has 5 heteroatoms. The van der Waals surface area contributed by atoms with Gasteiger partial charge in [-0.15, -0.1) is 5.10 Å². The highest BCUT2D eigenvalue weighted by atomic mass is 16.5. The lowest BCUT2D eigenvalue weighted by Gasteiger charge is -2.06. The van der Waals surface area contributed by atoms with E-state index in [2.05, 4.69) is 15.6 Å². The molecule has 0 unspecified atom stereocenters. The van der Waals surface area contributed by atoms with Gasteiger partial charge < -0.3 is 10.1 Å². The van der Waals surface area contributed by atoms with Crippen LogP contribution in [0.25, 0.3) is 0 Å². The van der Waals surface area contributed by atoms with Crippen molar-refractivity contribution >= 4 is 0 Å². The van der Waals surface area contributed by atoms with E-state index >= 15 is 0 Å². The van der Waals surface area contributed by atoms with E-state index in [1.807, 2.05) is 18.7 Å². The third kappa shape index (κ3) is 2.59. The van der Waals surface area contributed by atoms with Gasteiger partial charge in [-0.3, -0.25) is 0 Å². The van der Waals surface area contributed by atoms with Gasteiger partial charge in [0.2, 0.25) is 0 Å². The van der Waals surface area contributed by atoms with Gasteiger partial charge in [-0.1, -0.05) is 5.21 Å². The highest BCUT2D eigenvalue weighted by molar-refractivity contribution is 5.20. The number of aromatic nitrogens is 3. The van der Waals surface area contributed by atoms with E-state index in [0.717, 1.165) is 32.0 Å². The predicted molar refractivity (Wildman–Crippen MR) is 61.3 cm³/mol. The minimum atomic E-state index is 0.681. The maximum absolute atomic E-state index is 5.36. The lowest BCUT2D eigenvalue weighted by Crippen LogP contribution is -2.12. The Kier molecular flexibility index (Phi) is 3.90. The van der Waals surface area contributed by atoms with E-state index < -0.39 is 0 Å². The van der Waals surface area contributed by atoms with Crippen molar-refractivity contribution < 1.29 is 4.74 Å². The lowest BCUT2D eigenvalue weighted by atomic mass is 10.2. The first-order valence-corrected chi connectivity index (χ1v) is 6.01. The standard InChI is InChI=1S/C11H20N4O/c1-3-16-7-6-15-11(9-4-5-9)10(8-12-2)13-14-15/h9,12H,3-8H2,1-2H3. The van der Waals surface area contributed by atoms with E-state index in [0.29, 0.717) is 5.92 Å². The number of nitrogens with one attached hydrogen (secondary N) is 1. The zero-order valence-electron chi connectivity index (χ0n) is 10.1. The average Bonchev–Trinajstić information content (AvgIpc) is 3.04. The summed E-state index contributed by atoms with van der Waals surface area (Å²) in [5, 5.41) is 11.6. The number of nitrogens with zero attached hydrogens (tertiary/aromatic N) is 3. The maximum atomic E-state index is 5.36. The molecule has 1 aromatic heterocycles. The quantitative estimate of drug-likeness (QED) is 0.699. The Balaban J connectivity index is 2.04. The Bertz CT molecular complexity index is 333. The number of ether oxygens (including phenoxy) is 1. The van der Waals surface area contributed by atoms with Crippen LogP contribution in [0.5, 0.6) is 0 Å². The van der Waals surface area contributed by atoms with Gasteiger partial charge in [-0.05, 0) is 26.8 Å². The molecule has 0 atom stereocenters. The van der Waals surface area contributed by atoms with Crippen LogP contribution in [0, 0.1) is 0 Å². The molecule has 1 aliphatic carbocycles. The van der Waals surface area contributed by atoms with Gasteiger partial charge in [-0.2, -0.15) is 0 Å². The smallest absolute Gasteiger partial charge is 0.0999 e. The summed E-state index contributed by atoms with van der Waals surface area (Å²) in [4.78, 5) is 0. The van der Waals surface area contributed by atoms with Gasteiger partial charge in [0.25, 0.3) is 0 Å². The van der Waals surface area contributed by atoms with E-state index in [9.17, 15) is 0 Å². The van der Waals surface area contributed by atoms with Gasteiger partial charge in [0.1, 0.15) is 0 Å². The predicted octanol–water partition coefficient (Wildman–Crippen LogP) is 0.911. The number of hydrogen-bond acceptors (Lipinski definition) is 4. The third-order valence-corrected chi connectivity index (χ3v) is 2.81. The molecule has 0 bridgehead atoms. The number of rotatable bonds is 7. The van der Waals surface area contributed by atoms with Crippen molar-refractivity contribution in [1.82, 2.24) is 20.3 Å². The van der Waals surface area contributed by atoms with E-state index in [1.165, 1.54) is 18.5 Å². The van der Waals surface area contributed by atoms with Crippen molar-refractivity contribution in [3.8, 4) is 0 Å². The molecule has 2 rings (SSSR count). The van der Waals surface area contributed by atoms with Crippen LogP contribution >= 0.6 is 0 Å². The summed E-state index contributed by atoms with van der Waals surface area (Å²) in [6.45, 7) is 5.11. The normalized spacial score (nSPS) is 15.6. The van der Waals surface area contributed by atoms with E-state index in [1.54, 1.807) is 0 Å². The van der Waals surface area contributed by atoms with Crippen LogP contribution in [0.1, 0.15) is 37.1 Å². The van der Waals surface area contributed by atoms with Gasteiger partial charge in [0, 0.05) is 19.1 Å². The summed E-state index contributed by atoms with van der Waals surface area (Å²) in [6, 6.07) is 0. The minimum absolute atomic E-state index is 0.681. The van der Waals surface area contributed by atoms with Gasteiger partial charge >= 0.3 is 0 Å². The lowest BCUT2D eigenvalue weighted by molar-refractivity contribution is 0.135. The SMILES string of the molecule is CCOCCn1nnc(CNC)c1C1CC1. The first kappa shape index (κ1) is 11.5. The van der Waals surface area contributed by atoms with Crippen LogP contribution < -0.4 is 5.32 Å². The molecule has 0 amide bonds. The van der Waals surface area contributed by atoms with Crippen molar-refractivity contribution in [3.63, 3.8) is 0 Å². The summed E-state index contributed by atoms with van der Waals surface area (Å²) in [5.41, 5.74) is 2.41. The molecule has 1 N–H and O–H groups in total. The molecule has 1 saturated carbocycles. The van der Waals surface area contributed by atoms with Crippen LogP contribution in [-0.2, 0) is 17.8 Å². The summed E-state index contributed by atoms with van der Waals surface area (Å²) < 4.78 is 7.37. The summed E-state index contributed by atoms with van der Waals surface area (Å²) in [6.07, 6.45) is 2.55. The van der Waals surface area contributed by atoms with Crippen LogP contribution in [0.3, 0.4) is 0 Å². The molecule has 1 aliphatic rings. The second kappa shape index (κ2) is 5.41. The molecule has 1 aromatic rings. The highest BCUT2D eigenvalue weighted by Crippen LogP contribution is 2.41. The van der Waals surface area contributed by atoms with Crippen LogP contribution in [-0.4, -0.2) is 35.3 Å². The highest BCUT2D eigenvalue weighted by Gasteiger charge is 2.30. The topological polar surface area (TPSA) is 52.0 Å². The largest absolute Gasteiger partial charge is 0.380 e. The first-order valence-electron chi connectivity index (χ1n) is 6.01. The first-order chi connectivity index (χ1) is 7.86. The molecular formula is C11H20N4O. The average molecular weight is 224 g/mol. The zero-order valence-corrected chi connectivity index (χ0v) is 10.1. The molecule has 0 saturated heterocycles. The Morgan fingerprint density at radius 1 is 1.50 bits per heavy atom. The monoisotopic (exact) mass is 224 g/mol. The second-order valence-electron chi connectivity index (χ2n) is 4.15. The number of hydrogen-bond donors (Lipinski definition) is 1. The molecule has 1 fully saturated rings. The van der Waals surface area contributed by atoms with Crippen molar-refractivity contribution in [2.75, 3.05) is 20.3 Å². The Hall–Kier alpha value is -0.940. The molecule has 90 valence electrons. The molecule has 5 nitrogen and oxygen atoms in total. The molecule has 0 radical (unpaired) electrons. The van der Waals surface area contributed by atoms with Crippen molar-refractivity contribution in [3.05, 3.63) is 11.4 Å². The fourth-order valence-corrected chi connectivity index (χ4v) is 1.91. The van der Waals surface area contributed by atoms with E-state index in [4.69, 9.17) is 4.74 Å². The van der Waals surface area contributed by atoms with Gasteiger partial charge in [0.05, 0.1) is 24.5 Å². The summed E-state index contributed by atoms with van der Waals surface area (Å²) >= 11 is 0. The fraction of sp³-hybridized carbons (Fsp3) is 0.818. The van der Waals surface area contributed by atoms with Crippen molar-refractivity contribution in [2.24, 2.45) is 0 Å². The third-order valence-electron chi connectivity index (χ3n) is 2.81. The molecular weight excluding hydrogens is 204 g/mol. The minimum Gasteiger partial charge on any atom is -0.380 e. The molecule has 0 aromatic carbocycles. The summed E-state index contributed by atoms with van der Waals surface area (Å²) in [5.74, 6) is 0.681. The van der Waals surface area contributed by atoms with Crippen LogP contribution in [0.15, 0.2) is 0 Å². The molecule has 16 heavy (non-hydrogen) atoms. The van der Waals surface area contributed by atoms with Crippen LogP contribution in [0.2, 0.25) is 0 Å². The fourth-order valence-electron chi connectivity index (χ4n) is 1.91. The van der Waals surface area contributed by atoms with Crippen molar-refractivity contribution in [1.29, 1.82) is 0 Å².